The summed E-state index contributed by atoms with van der Waals surface area (Å²) in [6.07, 6.45) is 0.168. The quantitative estimate of drug-likeness (QED) is 0.661. The number of aryl methyl sites for hydroxylation is 1. The van der Waals surface area contributed by atoms with Gasteiger partial charge in [-0.25, -0.2) is 0 Å². The van der Waals surface area contributed by atoms with Gasteiger partial charge in [0.05, 0.1) is 56.5 Å². The Morgan fingerprint density at radius 3 is 2.33 bits per heavy atom. The summed E-state index contributed by atoms with van der Waals surface area (Å²) < 4.78 is 16.5. The van der Waals surface area contributed by atoms with E-state index in [-0.39, 0.29) is 18.2 Å². The Balaban J connectivity index is 1.35. The summed E-state index contributed by atoms with van der Waals surface area (Å²) in [4.78, 5) is 32.5. The topological polar surface area (TPSA) is 83.6 Å². The standard InChI is InChI=1S/C27H34N4O5/c1-19-3-6-25(34-2)24(15-19)31-18-20(16-26(31)32)27(33)28-22-5-4-21(29-7-11-35-12-8-29)17-23(22)30-9-13-36-14-10-30/h3-6,15,17,20H,7-14,16,18H2,1-2H3,(H,28,33)/t20-/m0/s1. The Morgan fingerprint density at radius 2 is 1.64 bits per heavy atom. The Kier molecular flexibility index (Phi) is 7.29. The number of nitrogens with one attached hydrogen (secondary N) is 1. The predicted octanol–water partition coefficient (Wildman–Crippen LogP) is 2.67. The smallest absolute Gasteiger partial charge is 0.229 e. The van der Waals surface area contributed by atoms with E-state index in [0.29, 0.717) is 44.4 Å². The average molecular weight is 495 g/mol. The first-order valence-corrected chi connectivity index (χ1v) is 12.6. The van der Waals surface area contributed by atoms with Crippen LogP contribution in [0.3, 0.4) is 0 Å². The number of carbonyl (C=O) groups excluding carboxylic acids is 2. The van der Waals surface area contributed by atoms with Crippen molar-refractivity contribution in [1.29, 1.82) is 0 Å². The van der Waals surface area contributed by atoms with Gasteiger partial charge in [-0.2, -0.15) is 0 Å². The van der Waals surface area contributed by atoms with Gasteiger partial charge >= 0.3 is 0 Å². The molecule has 5 rings (SSSR count). The maximum Gasteiger partial charge on any atom is 0.229 e. The van der Waals surface area contributed by atoms with Crippen molar-refractivity contribution in [3.8, 4) is 5.75 Å². The number of carbonyl (C=O) groups is 2. The van der Waals surface area contributed by atoms with E-state index < -0.39 is 5.92 Å². The number of methoxy groups -OCH3 is 1. The van der Waals surface area contributed by atoms with Crippen LogP contribution in [-0.4, -0.2) is 78.1 Å². The molecule has 3 fully saturated rings. The summed E-state index contributed by atoms with van der Waals surface area (Å²) in [5.41, 5.74) is 4.60. The Labute approximate surface area is 211 Å². The Bertz CT molecular complexity index is 1110. The van der Waals surface area contributed by atoms with Crippen LogP contribution in [0.15, 0.2) is 36.4 Å². The van der Waals surface area contributed by atoms with E-state index in [1.807, 2.05) is 31.2 Å². The molecule has 0 saturated carbocycles. The average Bonchev–Trinajstić information content (AvgIpc) is 3.31. The van der Waals surface area contributed by atoms with E-state index in [4.69, 9.17) is 14.2 Å². The summed E-state index contributed by atoms with van der Waals surface area (Å²) in [6, 6.07) is 11.9. The second-order valence-electron chi connectivity index (χ2n) is 9.47. The number of rotatable bonds is 6. The van der Waals surface area contributed by atoms with Crippen LogP contribution in [0.1, 0.15) is 12.0 Å². The van der Waals surface area contributed by atoms with Gasteiger partial charge in [-0.15, -0.1) is 0 Å². The molecule has 0 aromatic heterocycles. The van der Waals surface area contributed by atoms with Crippen molar-refractivity contribution in [3.63, 3.8) is 0 Å². The zero-order valence-corrected chi connectivity index (χ0v) is 21.0. The molecule has 0 unspecified atom stereocenters. The molecule has 0 spiro atoms. The van der Waals surface area contributed by atoms with Gasteiger partial charge in [0.15, 0.2) is 0 Å². The normalized spacial score (nSPS) is 20.6. The lowest BCUT2D eigenvalue weighted by atomic mass is 10.1. The maximum atomic E-state index is 13.4. The molecule has 9 nitrogen and oxygen atoms in total. The van der Waals surface area contributed by atoms with Crippen molar-refractivity contribution >= 4 is 34.6 Å². The predicted molar refractivity (Wildman–Crippen MR) is 139 cm³/mol. The number of amides is 2. The SMILES string of the molecule is COc1ccc(C)cc1N1C[C@@H](C(=O)Nc2ccc(N3CCOCC3)cc2N2CCOCC2)CC1=O. The van der Waals surface area contributed by atoms with Crippen molar-refractivity contribution in [1.82, 2.24) is 0 Å². The number of anilines is 4. The third-order valence-electron chi connectivity index (χ3n) is 7.09. The second-order valence-corrected chi connectivity index (χ2v) is 9.47. The third-order valence-corrected chi connectivity index (χ3v) is 7.09. The minimum absolute atomic E-state index is 0.0740. The molecule has 0 aliphatic carbocycles. The number of hydrogen-bond acceptors (Lipinski definition) is 7. The van der Waals surface area contributed by atoms with Gasteiger partial charge in [0.25, 0.3) is 0 Å². The van der Waals surface area contributed by atoms with Gasteiger partial charge in [0.1, 0.15) is 5.75 Å². The molecule has 0 radical (unpaired) electrons. The summed E-state index contributed by atoms with van der Waals surface area (Å²) in [5, 5.41) is 3.14. The van der Waals surface area contributed by atoms with Crippen LogP contribution in [0.2, 0.25) is 0 Å². The minimum Gasteiger partial charge on any atom is -0.495 e. The number of benzene rings is 2. The molecule has 36 heavy (non-hydrogen) atoms. The molecule has 9 heteroatoms. The fourth-order valence-electron chi connectivity index (χ4n) is 5.07. The molecule has 3 saturated heterocycles. The Hall–Kier alpha value is -3.30. The summed E-state index contributed by atoms with van der Waals surface area (Å²) in [5.74, 6) is -0.0382. The van der Waals surface area contributed by atoms with E-state index in [2.05, 4.69) is 27.2 Å². The van der Waals surface area contributed by atoms with E-state index >= 15 is 0 Å². The first kappa shape index (κ1) is 24.4. The van der Waals surface area contributed by atoms with Crippen LogP contribution < -0.4 is 24.8 Å². The first-order valence-electron chi connectivity index (χ1n) is 12.6. The van der Waals surface area contributed by atoms with Crippen molar-refractivity contribution in [3.05, 3.63) is 42.0 Å². The summed E-state index contributed by atoms with van der Waals surface area (Å²) >= 11 is 0. The van der Waals surface area contributed by atoms with Crippen LogP contribution in [-0.2, 0) is 19.1 Å². The molecular weight excluding hydrogens is 460 g/mol. The highest BCUT2D eigenvalue weighted by Crippen LogP contribution is 2.36. The highest BCUT2D eigenvalue weighted by atomic mass is 16.5. The van der Waals surface area contributed by atoms with E-state index in [9.17, 15) is 9.59 Å². The molecule has 3 aliphatic rings. The molecule has 1 atom stereocenters. The monoisotopic (exact) mass is 494 g/mol. The first-order chi connectivity index (χ1) is 17.5. The number of hydrogen-bond donors (Lipinski definition) is 1. The van der Waals surface area contributed by atoms with Gasteiger partial charge < -0.3 is 34.2 Å². The van der Waals surface area contributed by atoms with Crippen molar-refractivity contribution < 1.29 is 23.8 Å². The lowest BCUT2D eigenvalue weighted by molar-refractivity contribution is -0.122. The lowest BCUT2D eigenvalue weighted by Gasteiger charge is -2.33. The van der Waals surface area contributed by atoms with Crippen molar-refractivity contribution in [2.45, 2.75) is 13.3 Å². The van der Waals surface area contributed by atoms with Crippen molar-refractivity contribution in [2.24, 2.45) is 5.92 Å². The molecule has 3 aliphatic heterocycles. The highest BCUT2D eigenvalue weighted by Gasteiger charge is 2.36. The van der Waals surface area contributed by atoms with Gasteiger partial charge in [-0.05, 0) is 42.8 Å². The number of nitrogens with zero attached hydrogens (tertiary/aromatic N) is 3. The minimum atomic E-state index is -0.445. The summed E-state index contributed by atoms with van der Waals surface area (Å²) in [7, 11) is 1.59. The van der Waals surface area contributed by atoms with Gasteiger partial charge in [-0.1, -0.05) is 6.07 Å². The number of morpholine rings is 2. The van der Waals surface area contributed by atoms with Gasteiger partial charge in [0, 0.05) is 44.8 Å². The van der Waals surface area contributed by atoms with E-state index in [1.165, 1.54) is 0 Å². The van der Waals surface area contributed by atoms with Gasteiger partial charge in [0.2, 0.25) is 11.8 Å². The zero-order valence-electron chi connectivity index (χ0n) is 21.0. The second kappa shape index (κ2) is 10.8. The molecule has 2 aromatic carbocycles. The molecule has 0 bridgehead atoms. The van der Waals surface area contributed by atoms with Crippen LogP contribution in [0.25, 0.3) is 0 Å². The number of ether oxygens (including phenoxy) is 3. The molecule has 1 N–H and O–H groups in total. The molecular formula is C27H34N4O5. The lowest BCUT2D eigenvalue weighted by Crippen LogP contribution is -2.38. The van der Waals surface area contributed by atoms with Crippen LogP contribution in [0.4, 0.5) is 22.7 Å². The Morgan fingerprint density at radius 1 is 0.944 bits per heavy atom. The van der Waals surface area contributed by atoms with Gasteiger partial charge in [-0.3, -0.25) is 9.59 Å². The third kappa shape index (κ3) is 5.12. The van der Waals surface area contributed by atoms with E-state index in [1.54, 1.807) is 12.0 Å². The fourth-order valence-corrected chi connectivity index (χ4v) is 5.07. The zero-order chi connectivity index (χ0) is 25.1. The fraction of sp³-hybridized carbons (Fsp3) is 0.481. The largest absolute Gasteiger partial charge is 0.495 e. The van der Waals surface area contributed by atoms with Crippen LogP contribution in [0.5, 0.6) is 5.75 Å². The van der Waals surface area contributed by atoms with Crippen LogP contribution >= 0.6 is 0 Å². The molecule has 2 amide bonds. The maximum absolute atomic E-state index is 13.4. The molecule has 2 aromatic rings. The molecule has 192 valence electrons. The van der Waals surface area contributed by atoms with Crippen molar-refractivity contribution in [2.75, 3.05) is 86.3 Å². The summed E-state index contributed by atoms with van der Waals surface area (Å²) in [6.45, 7) is 8.24. The molecule has 3 heterocycles. The van der Waals surface area contributed by atoms with Crippen LogP contribution in [0, 0.1) is 12.8 Å². The highest BCUT2D eigenvalue weighted by molar-refractivity contribution is 6.05. The van der Waals surface area contributed by atoms with E-state index in [0.717, 1.165) is 48.8 Å².